The molecule has 0 atom stereocenters. The second-order valence-corrected chi connectivity index (χ2v) is 8.97. The zero-order chi connectivity index (χ0) is 24.9. The normalized spacial score (nSPS) is 10.9. The third kappa shape index (κ3) is 5.66. The van der Waals surface area contributed by atoms with Crippen molar-refractivity contribution >= 4 is 17.6 Å². The minimum absolute atomic E-state index is 0.0654. The summed E-state index contributed by atoms with van der Waals surface area (Å²) in [6, 6.07) is 26.9. The summed E-state index contributed by atoms with van der Waals surface area (Å²) in [5.74, 6) is 0.0865. The van der Waals surface area contributed by atoms with Crippen LogP contribution in [0.3, 0.4) is 0 Å². The fraction of sp³-hybridized carbons (Fsp3) is 0.207. The molecule has 0 aliphatic carbocycles. The number of hydrogen-bond donors (Lipinski definition) is 1. The summed E-state index contributed by atoms with van der Waals surface area (Å²) >= 11 is 0. The predicted molar refractivity (Wildman–Crippen MR) is 140 cm³/mol. The monoisotopic (exact) mass is 466 g/mol. The van der Waals surface area contributed by atoms with Crippen LogP contribution in [0.15, 0.2) is 84.9 Å². The van der Waals surface area contributed by atoms with Crippen LogP contribution in [0.25, 0.3) is 16.9 Å². The fourth-order valence-corrected chi connectivity index (χ4v) is 3.79. The van der Waals surface area contributed by atoms with Gasteiger partial charge in [0.15, 0.2) is 0 Å². The van der Waals surface area contributed by atoms with Gasteiger partial charge in [0.05, 0.1) is 11.4 Å². The maximum atomic E-state index is 13.2. The molecular formula is C29H30N4O2. The van der Waals surface area contributed by atoms with Crippen molar-refractivity contribution in [2.75, 3.05) is 11.9 Å². The first-order chi connectivity index (χ1) is 16.8. The number of carbonyl (C=O) groups is 2. The van der Waals surface area contributed by atoms with Gasteiger partial charge in [-0.2, -0.15) is 5.10 Å². The number of aromatic nitrogens is 2. The molecule has 1 aromatic heterocycles. The van der Waals surface area contributed by atoms with E-state index in [-0.39, 0.29) is 24.4 Å². The number of nitrogens with zero attached hydrogens (tertiary/aromatic N) is 3. The maximum absolute atomic E-state index is 13.2. The van der Waals surface area contributed by atoms with Gasteiger partial charge in [-0.1, -0.05) is 65.7 Å². The zero-order valence-electron chi connectivity index (χ0n) is 20.5. The van der Waals surface area contributed by atoms with Crippen molar-refractivity contribution in [3.05, 3.63) is 102 Å². The van der Waals surface area contributed by atoms with Gasteiger partial charge in [0.2, 0.25) is 5.91 Å². The molecule has 4 aromatic rings. The van der Waals surface area contributed by atoms with Crippen molar-refractivity contribution in [3.8, 4) is 16.9 Å². The Bertz CT molecular complexity index is 1310. The van der Waals surface area contributed by atoms with Crippen LogP contribution in [0.1, 0.15) is 35.3 Å². The molecule has 0 fully saturated rings. The van der Waals surface area contributed by atoms with Crippen LogP contribution in [0.2, 0.25) is 0 Å². The summed E-state index contributed by atoms with van der Waals surface area (Å²) in [5, 5.41) is 7.74. The Morgan fingerprint density at radius 3 is 2.09 bits per heavy atom. The number of benzene rings is 3. The number of aryl methyl sites for hydroxylation is 2. The van der Waals surface area contributed by atoms with Gasteiger partial charge in [-0.15, -0.1) is 0 Å². The Morgan fingerprint density at radius 1 is 0.886 bits per heavy atom. The Morgan fingerprint density at radius 2 is 1.49 bits per heavy atom. The number of amides is 2. The van der Waals surface area contributed by atoms with Crippen molar-refractivity contribution in [2.24, 2.45) is 0 Å². The summed E-state index contributed by atoms with van der Waals surface area (Å²) in [6.45, 7) is 7.75. The summed E-state index contributed by atoms with van der Waals surface area (Å²) < 4.78 is 1.72. The van der Waals surface area contributed by atoms with Crippen LogP contribution < -0.4 is 5.32 Å². The molecule has 6 heteroatoms. The van der Waals surface area contributed by atoms with Gasteiger partial charge in [0.1, 0.15) is 12.4 Å². The standard InChI is InChI=1S/C29H30N4O2/c1-20(2)32(29(35)24-14-10-21(3)11-15-24)19-28(34)30-27-18-26(23-8-6-5-7-9-23)31-33(27)25-16-12-22(4)13-17-25/h5-18,20H,19H2,1-4H3,(H,30,34). The molecule has 0 saturated heterocycles. The molecule has 178 valence electrons. The van der Waals surface area contributed by atoms with E-state index in [1.54, 1.807) is 21.7 Å². The molecule has 2 amide bonds. The Hall–Kier alpha value is -4.19. The molecule has 0 spiro atoms. The van der Waals surface area contributed by atoms with Crippen molar-refractivity contribution in [1.82, 2.24) is 14.7 Å². The van der Waals surface area contributed by atoms with E-state index in [1.807, 2.05) is 100 Å². The average Bonchev–Trinajstić information content (AvgIpc) is 3.27. The van der Waals surface area contributed by atoms with Crippen molar-refractivity contribution in [3.63, 3.8) is 0 Å². The van der Waals surface area contributed by atoms with Crippen molar-refractivity contribution < 1.29 is 9.59 Å². The van der Waals surface area contributed by atoms with Crippen LogP contribution in [-0.2, 0) is 4.79 Å². The summed E-state index contributed by atoms with van der Waals surface area (Å²) in [7, 11) is 0. The van der Waals surface area contributed by atoms with Crippen LogP contribution >= 0.6 is 0 Å². The topological polar surface area (TPSA) is 67.2 Å². The van der Waals surface area contributed by atoms with E-state index in [4.69, 9.17) is 5.10 Å². The van der Waals surface area contributed by atoms with Gasteiger partial charge in [-0.25, -0.2) is 4.68 Å². The first kappa shape index (κ1) is 24.0. The van der Waals surface area contributed by atoms with Crippen molar-refractivity contribution in [2.45, 2.75) is 33.7 Å². The quantitative estimate of drug-likeness (QED) is 0.383. The highest BCUT2D eigenvalue weighted by molar-refractivity contribution is 5.99. The predicted octanol–water partition coefficient (Wildman–Crippen LogP) is 5.65. The summed E-state index contributed by atoms with van der Waals surface area (Å²) in [6.07, 6.45) is 0. The number of carbonyl (C=O) groups excluding carboxylic acids is 2. The molecule has 0 saturated carbocycles. The van der Waals surface area contributed by atoms with Crippen LogP contribution in [0.4, 0.5) is 5.82 Å². The van der Waals surface area contributed by atoms with E-state index in [9.17, 15) is 9.59 Å². The number of anilines is 1. The Balaban J connectivity index is 1.60. The van der Waals surface area contributed by atoms with Gasteiger partial charge in [0, 0.05) is 23.2 Å². The lowest BCUT2D eigenvalue weighted by atomic mass is 10.1. The van der Waals surface area contributed by atoms with Gasteiger partial charge in [-0.05, 0) is 52.0 Å². The first-order valence-electron chi connectivity index (χ1n) is 11.7. The minimum atomic E-state index is -0.285. The van der Waals surface area contributed by atoms with E-state index < -0.39 is 0 Å². The summed E-state index contributed by atoms with van der Waals surface area (Å²) in [5.41, 5.74) is 5.31. The first-order valence-corrected chi connectivity index (χ1v) is 11.7. The second kappa shape index (κ2) is 10.4. The molecule has 0 radical (unpaired) electrons. The SMILES string of the molecule is Cc1ccc(C(=O)N(CC(=O)Nc2cc(-c3ccccc3)nn2-c2ccc(C)cc2)C(C)C)cc1. The molecule has 0 bridgehead atoms. The molecule has 1 N–H and O–H groups in total. The maximum Gasteiger partial charge on any atom is 0.254 e. The second-order valence-electron chi connectivity index (χ2n) is 8.97. The Kier molecular flexibility index (Phi) is 7.11. The van der Waals surface area contributed by atoms with E-state index >= 15 is 0 Å². The van der Waals surface area contributed by atoms with Crippen molar-refractivity contribution in [1.29, 1.82) is 0 Å². The number of hydrogen-bond acceptors (Lipinski definition) is 3. The smallest absolute Gasteiger partial charge is 0.254 e. The molecular weight excluding hydrogens is 436 g/mol. The minimum Gasteiger partial charge on any atom is -0.327 e. The molecule has 35 heavy (non-hydrogen) atoms. The number of nitrogens with one attached hydrogen (secondary N) is 1. The van der Waals surface area contributed by atoms with Crippen LogP contribution in [0.5, 0.6) is 0 Å². The third-order valence-corrected chi connectivity index (χ3v) is 5.82. The average molecular weight is 467 g/mol. The van der Waals surface area contributed by atoms with E-state index in [0.717, 1.165) is 28.1 Å². The molecule has 6 nitrogen and oxygen atoms in total. The molecule has 0 unspecified atom stereocenters. The van der Waals surface area contributed by atoms with Gasteiger partial charge < -0.3 is 10.2 Å². The van der Waals surface area contributed by atoms with E-state index in [2.05, 4.69) is 5.32 Å². The Labute approximate surface area is 206 Å². The highest BCUT2D eigenvalue weighted by atomic mass is 16.2. The molecule has 0 aliphatic heterocycles. The third-order valence-electron chi connectivity index (χ3n) is 5.82. The largest absolute Gasteiger partial charge is 0.327 e. The molecule has 3 aromatic carbocycles. The summed E-state index contributed by atoms with van der Waals surface area (Å²) in [4.78, 5) is 27.9. The lowest BCUT2D eigenvalue weighted by Crippen LogP contribution is -2.42. The van der Waals surface area contributed by atoms with Crippen LogP contribution in [0, 0.1) is 13.8 Å². The molecule has 4 rings (SSSR count). The lowest BCUT2D eigenvalue weighted by molar-refractivity contribution is -0.117. The molecule has 0 aliphatic rings. The highest BCUT2D eigenvalue weighted by Crippen LogP contribution is 2.25. The van der Waals surface area contributed by atoms with E-state index in [1.165, 1.54) is 0 Å². The van der Waals surface area contributed by atoms with E-state index in [0.29, 0.717) is 11.4 Å². The molecule has 1 heterocycles. The lowest BCUT2D eigenvalue weighted by Gasteiger charge is -2.26. The van der Waals surface area contributed by atoms with Crippen LogP contribution in [-0.4, -0.2) is 39.1 Å². The van der Waals surface area contributed by atoms with Gasteiger partial charge >= 0.3 is 0 Å². The fourth-order valence-electron chi connectivity index (χ4n) is 3.79. The van der Waals surface area contributed by atoms with Gasteiger partial charge in [0.25, 0.3) is 5.91 Å². The highest BCUT2D eigenvalue weighted by Gasteiger charge is 2.23. The number of rotatable bonds is 7. The zero-order valence-corrected chi connectivity index (χ0v) is 20.5. The van der Waals surface area contributed by atoms with Gasteiger partial charge in [-0.3, -0.25) is 9.59 Å².